The van der Waals surface area contributed by atoms with Gasteiger partial charge < -0.3 is 0 Å². The molecule has 0 spiro atoms. The standard InChI is InChI=1S/C18H13F6N5/c1-9-6-11(7-10-8-25-28-15(9)10)29-14(4-5-17(19,20)21)26-12-2-3-13(18(22,23)24)27-16(12)29/h2-3,6-8H,4-5H2,1H3,(H,25,28). The second kappa shape index (κ2) is 6.46. The number of pyridine rings is 1. The van der Waals surface area contributed by atoms with E-state index in [9.17, 15) is 26.3 Å². The second-order valence-electron chi connectivity index (χ2n) is 6.61. The highest BCUT2D eigenvalue weighted by atomic mass is 19.4. The van der Waals surface area contributed by atoms with Gasteiger partial charge >= 0.3 is 12.4 Å². The van der Waals surface area contributed by atoms with E-state index < -0.39 is 30.9 Å². The molecule has 3 heterocycles. The van der Waals surface area contributed by atoms with Crippen LogP contribution in [0.15, 0.2) is 30.5 Å². The first-order chi connectivity index (χ1) is 13.5. The number of nitrogens with one attached hydrogen (secondary N) is 1. The van der Waals surface area contributed by atoms with E-state index in [-0.39, 0.29) is 17.0 Å². The van der Waals surface area contributed by atoms with Crippen LogP contribution in [0.4, 0.5) is 26.3 Å². The number of imidazole rings is 1. The van der Waals surface area contributed by atoms with E-state index in [0.29, 0.717) is 11.1 Å². The third-order valence-electron chi connectivity index (χ3n) is 4.49. The average Bonchev–Trinajstić information content (AvgIpc) is 3.22. The van der Waals surface area contributed by atoms with E-state index in [1.807, 2.05) is 0 Å². The molecule has 0 unspecified atom stereocenters. The van der Waals surface area contributed by atoms with Crippen LogP contribution < -0.4 is 0 Å². The van der Waals surface area contributed by atoms with Gasteiger partial charge in [0.1, 0.15) is 17.0 Å². The summed E-state index contributed by atoms with van der Waals surface area (Å²) in [5.74, 6) is -0.0219. The Morgan fingerprint density at radius 2 is 1.79 bits per heavy atom. The second-order valence-corrected chi connectivity index (χ2v) is 6.61. The van der Waals surface area contributed by atoms with Crippen LogP contribution in [0.2, 0.25) is 0 Å². The Hall–Kier alpha value is -3.11. The third-order valence-corrected chi connectivity index (χ3v) is 4.49. The molecule has 1 N–H and O–H groups in total. The Morgan fingerprint density at radius 1 is 1.03 bits per heavy atom. The number of rotatable bonds is 3. The number of hydrogen-bond acceptors (Lipinski definition) is 3. The fourth-order valence-electron chi connectivity index (χ4n) is 3.20. The number of halogens is 6. The van der Waals surface area contributed by atoms with Crippen molar-refractivity contribution in [1.29, 1.82) is 0 Å². The molecule has 3 aromatic heterocycles. The summed E-state index contributed by atoms with van der Waals surface area (Å²) in [6, 6.07) is 5.13. The number of aryl methyl sites for hydroxylation is 2. The van der Waals surface area contributed by atoms with Crippen molar-refractivity contribution in [2.75, 3.05) is 0 Å². The van der Waals surface area contributed by atoms with Gasteiger partial charge in [-0.25, -0.2) is 9.97 Å². The molecule has 4 aromatic rings. The molecular weight excluding hydrogens is 400 g/mol. The molecule has 0 saturated heterocycles. The molecule has 0 aliphatic carbocycles. The summed E-state index contributed by atoms with van der Waals surface area (Å²) >= 11 is 0. The predicted octanol–water partition coefficient (Wildman–Crippen LogP) is 5.12. The van der Waals surface area contributed by atoms with Gasteiger partial charge in [0, 0.05) is 17.5 Å². The van der Waals surface area contributed by atoms with Crippen LogP contribution in [-0.4, -0.2) is 30.9 Å². The van der Waals surface area contributed by atoms with E-state index in [2.05, 4.69) is 20.2 Å². The summed E-state index contributed by atoms with van der Waals surface area (Å²) in [4.78, 5) is 7.78. The van der Waals surface area contributed by atoms with Gasteiger partial charge in [-0.05, 0) is 36.8 Å². The Labute approximate surface area is 159 Å². The number of benzene rings is 1. The predicted molar refractivity (Wildman–Crippen MR) is 92.6 cm³/mol. The summed E-state index contributed by atoms with van der Waals surface area (Å²) in [7, 11) is 0. The van der Waals surface area contributed by atoms with Crippen LogP contribution >= 0.6 is 0 Å². The number of alkyl halides is 6. The van der Waals surface area contributed by atoms with Crippen LogP contribution in [0.5, 0.6) is 0 Å². The Balaban J connectivity index is 1.96. The first kappa shape index (κ1) is 19.2. The van der Waals surface area contributed by atoms with Crippen molar-refractivity contribution in [2.24, 2.45) is 0 Å². The van der Waals surface area contributed by atoms with E-state index in [4.69, 9.17) is 0 Å². The van der Waals surface area contributed by atoms with Gasteiger partial charge in [0.25, 0.3) is 0 Å². The minimum absolute atomic E-state index is 0.0219. The molecule has 0 radical (unpaired) electrons. The maximum atomic E-state index is 13.1. The summed E-state index contributed by atoms with van der Waals surface area (Å²) in [6.07, 6.45) is -9.26. The molecule has 11 heteroatoms. The molecule has 0 fully saturated rings. The van der Waals surface area contributed by atoms with Gasteiger partial charge in [-0.1, -0.05) is 0 Å². The van der Waals surface area contributed by atoms with E-state index >= 15 is 0 Å². The monoisotopic (exact) mass is 413 g/mol. The Kier molecular flexibility index (Phi) is 4.28. The van der Waals surface area contributed by atoms with E-state index in [1.54, 1.807) is 19.1 Å². The smallest absolute Gasteiger partial charge is 0.281 e. The lowest BCUT2D eigenvalue weighted by atomic mass is 10.1. The Morgan fingerprint density at radius 3 is 2.48 bits per heavy atom. The van der Waals surface area contributed by atoms with Crippen LogP contribution in [-0.2, 0) is 12.6 Å². The van der Waals surface area contributed by atoms with E-state index in [0.717, 1.165) is 23.2 Å². The van der Waals surface area contributed by atoms with Crippen molar-refractivity contribution < 1.29 is 26.3 Å². The topological polar surface area (TPSA) is 59.4 Å². The van der Waals surface area contributed by atoms with Gasteiger partial charge in [-0.2, -0.15) is 31.4 Å². The molecule has 5 nitrogen and oxygen atoms in total. The van der Waals surface area contributed by atoms with E-state index in [1.165, 1.54) is 10.8 Å². The zero-order valence-corrected chi connectivity index (χ0v) is 14.9. The molecule has 152 valence electrons. The minimum atomic E-state index is -4.69. The normalized spacial score (nSPS) is 12.9. The summed E-state index contributed by atoms with van der Waals surface area (Å²) in [6.45, 7) is 1.76. The molecule has 0 saturated carbocycles. The number of hydrogen-bond donors (Lipinski definition) is 1. The van der Waals surface area contributed by atoms with Crippen molar-refractivity contribution in [2.45, 2.75) is 32.1 Å². The molecule has 0 aliphatic heterocycles. The highest BCUT2D eigenvalue weighted by Gasteiger charge is 2.34. The number of fused-ring (bicyclic) bond motifs is 2. The summed E-state index contributed by atoms with van der Waals surface area (Å²) in [5, 5.41) is 7.38. The van der Waals surface area contributed by atoms with Crippen molar-refractivity contribution in [3.8, 4) is 5.69 Å². The fourth-order valence-corrected chi connectivity index (χ4v) is 3.20. The fraction of sp³-hybridized carbons (Fsp3) is 0.278. The molecule has 1 aromatic carbocycles. The van der Waals surface area contributed by atoms with Gasteiger partial charge in [-0.3, -0.25) is 9.67 Å². The van der Waals surface area contributed by atoms with Crippen LogP contribution in [0, 0.1) is 6.92 Å². The zero-order valence-electron chi connectivity index (χ0n) is 14.9. The quantitative estimate of drug-likeness (QED) is 0.475. The average molecular weight is 413 g/mol. The third kappa shape index (κ3) is 3.64. The molecule has 0 aliphatic rings. The molecule has 4 rings (SSSR count). The highest BCUT2D eigenvalue weighted by molar-refractivity contribution is 5.85. The first-order valence-corrected chi connectivity index (χ1v) is 8.49. The number of H-pyrrole nitrogens is 1. The highest BCUT2D eigenvalue weighted by Crippen LogP contribution is 2.32. The lowest BCUT2D eigenvalue weighted by Crippen LogP contribution is -2.12. The van der Waals surface area contributed by atoms with Gasteiger partial charge in [0.2, 0.25) is 0 Å². The first-order valence-electron chi connectivity index (χ1n) is 8.49. The van der Waals surface area contributed by atoms with Crippen molar-refractivity contribution in [3.05, 3.63) is 47.5 Å². The molecule has 29 heavy (non-hydrogen) atoms. The maximum absolute atomic E-state index is 13.1. The lowest BCUT2D eigenvalue weighted by Gasteiger charge is -2.12. The molecular formula is C18H13F6N5. The zero-order chi connectivity index (χ0) is 21.0. The van der Waals surface area contributed by atoms with Crippen LogP contribution in [0.3, 0.4) is 0 Å². The Bertz CT molecular complexity index is 1200. The van der Waals surface area contributed by atoms with Crippen molar-refractivity contribution >= 4 is 22.1 Å². The molecule has 0 bridgehead atoms. The maximum Gasteiger partial charge on any atom is 0.433 e. The minimum Gasteiger partial charge on any atom is -0.281 e. The van der Waals surface area contributed by atoms with Crippen LogP contribution in [0.25, 0.3) is 27.8 Å². The van der Waals surface area contributed by atoms with Crippen LogP contribution in [0.1, 0.15) is 23.5 Å². The van der Waals surface area contributed by atoms with Crippen molar-refractivity contribution in [1.82, 2.24) is 24.7 Å². The van der Waals surface area contributed by atoms with Crippen molar-refractivity contribution in [3.63, 3.8) is 0 Å². The number of aromatic amines is 1. The largest absolute Gasteiger partial charge is 0.433 e. The summed E-state index contributed by atoms with van der Waals surface area (Å²) < 4.78 is 79.0. The SMILES string of the molecule is Cc1cc(-n2c(CCC(F)(F)F)nc3ccc(C(F)(F)F)nc32)cc2cn[nH]c12. The lowest BCUT2D eigenvalue weighted by molar-refractivity contribution is -0.141. The number of aromatic nitrogens is 5. The molecule has 0 atom stereocenters. The van der Waals surface area contributed by atoms with Gasteiger partial charge in [0.05, 0.1) is 18.1 Å². The van der Waals surface area contributed by atoms with Gasteiger partial charge in [-0.15, -0.1) is 0 Å². The van der Waals surface area contributed by atoms with Gasteiger partial charge in [0.15, 0.2) is 5.65 Å². The summed E-state index contributed by atoms with van der Waals surface area (Å²) in [5.41, 5.74) is 0.599. The molecule has 0 amide bonds. The number of nitrogens with zero attached hydrogens (tertiary/aromatic N) is 4.